The van der Waals surface area contributed by atoms with Gasteiger partial charge in [0.2, 0.25) is 0 Å². The van der Waals surface area contributed by atoms with Gasteiger partial charge in [-0.15, -0.1) is 0 Å². The Kier molecular flexibility index (Phi) is 4.07. The number of aliphatic hydroxyl groups excluding tert-OH is 1. The third-order valence-corrected chi connectivity index (χ3v) is 2.75. The molecule has 1 nitrogen and oxygen atoms in total. The number of halogens is 8. The Labute approximate surface area is 107 Å². The number of benzene rings is 1. The van der Waals surface area contributed by atoms with Crippen molar-refractivity contribution in [3.05, 3.63) is 34.9 Å². The largest absolute Gasteiger partial charge is 0.434 e. The predicted molar refractivity (Wildman–Crippen MR) is 52.4 cm³/mol. The van der Waals surface area contributed by atoms with E-state index in [2.05, 4.69) is 0 Å². The van der Waals surface area contributed by atoms with Crippen LogP contribution in [0, 0.1) is 0 Å². The summed E-state index contributed by atoms with van der Waals surface area (Å²) in [6.07, 6.45) is -16.2. The van der Waals surface area contributed by atoms with Gasteiger partial charge >= 0.3 is 18.0 Å². The third kappa shape index (κ3) is 2.64. The van der Waals surface area contributed by atoms with E-state index in [1.807, 2.05) is 0 Å². The van der Waals surface area contributed by atoms with Crippen molar-refractivity contribution in [1.29, 1.82) is 0 Å². The molecule has 0 saturated heterocycles. The highest BCUT2D eigenvalue weighted by atomic mass is 35.5. The minimum atomic E-state index is -6.34. The van der Waals surface area contributed by atoms with Crippen LogP contribution in [0.3, 0.4) is 0 Å². The van der Waals surface area contributed by atoms with Crippen molar-refractivity contribution in [2.45, 2.75) is 24.1 Å². The van der Waals surface area contributed by atoms with Crippen LogP contribution in [0.1, 0.15) is 11.7 Å². The van der Waals surface area contributed by atoms with E-state index in [0.717, 1.165) is 12.1 Å². The quantitative estimate of drug-likeness (QED) is 0.811. The number of aliphatic hydroxyl groups is 1. The van der Waals surface area contributed by atoms with Gasteiger partial charge in [0.05, 0.1) is 0 Å². The lowest BCUT2D eigenvalue weighted by Crippen LogP contribution is -2.57. The fourth-order valence-corrected chi connectivity index (χ4v) is 1.62. The second-order valence-corrected chi connectivity index (χ2v) is 4.04. The summed E-state index contributed by atoms with van der Waals surface area (Å²) in [5, 5.41) is 8.59. The molecule has 0 aliphatic carbocycles. The van der Waals surface area contributed by atoms with Crippen LogP contribution in [0.25, 0.3) is 0 Å². The summed E-state index contributed by atoms with van der Waals surface area (Å²) in [5.74, 6) is 0. The molecule has 1 unspecified atom stereocenters. The van der Waals surface area contributed by atoms with Crippen molar-refractivity contribution in [2.75, 3.05) is 0 Å². The molecule has 0 bridgehead atoms. The van der Waals surface area contributed by atoms with Crippen LogP contribution in [0.5, 0.6) is 0 Å². The first-order chi connectivity index (χ1) is 8.43. The van der Waals surface area contributed by atoms with E-state index in [0.29, 0.717) is 6.07 Å². The molecule has 0 saturated carbocycles. The number of rotatable bonds is 2. The second kappa shape index (κ2) is 4.82. The van der Waals surface area contributed by atoms with Crippen molar-refractivity contribution in [3.8, 4) is 0 Å². The summed E-state index contributed by atoms with van der Waals surface area (Å²) in [4.78, 5) is 0. The first-order valence-corrected chi connectivity index (χ1v) is 5.05. The van der Waals surface area contributed by atoms with Crippen LogP contribution < -0.4 is 0 Å². The maximum absolute atomic E-state index is 13.5. The fourth-order valence-electron chi connectivity index (χ4n) is 1.38. The van der Waals surface area contributed by atoms with E-state index in [4.69, 9.17) is 11.6 Å². The molecule has 1 aromatic rings. The summed E-state index contributed by atoms with van der Waals surface area (Å²) in [6, 6.07) is 3.85. The van der Waals surface area contributed by atoms with Gasteiger partial charge in [0.1, 0.15) is 6.10 Å². The lowest BCUT2D eigenvalue weighted by molar-refractivity contribution is -0.366. The molecule has 1 aromatic carbocycles. The standard InChI is InChI=1S/C10H6ClF7O/c11-6-4-2-1-3-5(6)7(19)8(12,9(13,14)15)10(16,17)18/h1-4,7,19H. The number of hydrogen-bond acceptors (Lipinski definition) is 1. The van der Waals surface area contributed by atoms with Gasteiger partial charge in [0.15, 0.2) is 0 Å². The highest BCUT2D eigenvalue weighted by Gasteiger charge is 2.76. The van der Waals surface area contributed by atoms with E-state index < -0.39 is 34.7 Å². The summed E-state index contributed by atoms with van der Waals surface area (Å²) in [5.41, 5.74) is -6.80. The molecule has 1 N–H and O–H groups in total. The molecule has 0 radical (unpaired) electrons. The average molecular weight is 311 g/mol. The topological polar surface area (TPSA) is 20.2 Å². The third-order valence-electron chi connectivity index (χ3n) is 2.40. The zero-order valence-corrected chi connectivity index (χ0v) is 9.61. The van der Waals surface area contributed by atoms with Gasteiger partial charge < -0.3 is 5.11 Å². The van der Waals surface area contributed by atoms with Gasteiger partial charge in [-0.25, -0.2) is 4.39 Å². The normalized spacial score (nSPS) is 15.4. The minimum Gasteiger partial charge on any atom is -0.384 e. The lowest BCUT2D eigenvalue weighted by Gasteiger charge is -2.34. The summed E-state index contributed by atoms with van der Waals surface area (Å²) < 4.78 is 87.7. The monoisotopic (exact) mass is 310 g/mol. The summed E-state index contributed by atoms with van der Waals surface area (Å²) in [6.45, 7) is 0. The molecule has 0 aliphatic heterocycles. The van der Waals surface area contributed by atoms with Crippen LogP contribution >= 0.6 is 11.6 Å². The molecule has 1 rings (SSSR count). The van der Waals surface area contributed by atoms with Crippen molar-refractivity contribution in [1.82, 2.24) is 0 Å². The molecular formula is C10H6ClF7O. The predicted octanol–water partition coefficient (Wildman–Crippen LogP) is 4.21. The van der Waals surface area contributed by atoms with Crippen LogP contribution in [0.15, 0.2) is 24.3 Å². The number of hydrogen-bond donors (Lipinski definition) is 1. The van der Waals surface area contributed by atoms with E-state index in [1.165, 1.54) is 6.07 Å². The molecular weight excluding hydrogens is 305 g/mol. The van der Waals surface area contributed by atoms with Gasteiger partial charge in [-0.05, 0) is 6.07 Å². The van der Waals surface area contributed by atoms with Gasteiger partial charge in [0.25, 0.3) is 0 Å². The van der Waals surface area contributed by atoms with Crippen molar-refractivity contribution in [2.24, 2.45) is 0 Å². The van der Waals surface area contributed by atoms with Crippen molar-refractivity contribution < 1.29 is 35.8 Å². The van der Waals surface area contributed by atoms with E-state index >= 15 is 0 Å². The summed E-state index contributed by atoms with van der Waals surface area (Å²) in [7, 11) is 0. The molecule has 19 heavy (non-hydrogen) atoms. The maximum atomic E-state index is 13.5. The highest BCUT2D eigenvalue weighted by molar-refractivity contribution is 6.31. The SMILES string of the molecule is OC(c1ccccc1Cl)C(F)(C(F)(F)F)C(F)(F)F. The highest BCUT2D eigenvalue weighted by Crippen LogP contribution is 2.53. The van der Waals surface area contributed by atoms with Crippen LogP contribution in [-0.2, 0) is 0 Å². The Morgan fingerprint density at radius 2 is 1.32 bits per heavy atom. The van der Waals surface area contributed by atoms with Crippen molar-refractivity contribution >= 4 is 11.6 Å². The molecule has 0 spiro atoms. The Bertz CT molecular complexity index is 440. The second-order valence-electron chi connectivity index (χ2n) is 3.63. The van der Waals surface area contributed by atoms with Gasteiger partial charge in [-0.3, -0.25) is 0 Å². The van der Waals surface area contributed by atoms with Gasteiger partial charge in [0, 0.05) is 10.6 Å². The molecule has 0 aliphatic rings. The zero-order chi connectivity index (χ0) is 15.1. The van der Waals surface area contributed by atoms with Gasteiger partial charge in [-0.1, -0.05) is 29.8 Å². The Balaban J connectivity index is 3.41. The summed E-state index contributed by atoms with van der Waals surface area (Å²) >= 11 is 5.36. The zero-order valence-electron chi connectivity index (χ0n) is 8.86. The molecule has 0 fully saturated rings. The molecule has 1 atom stereocenters. The molecule has 0 amide bonds. The van der Waals surface area contributed by atoms with Gasteiger partial charge in [-0.2, -0.15) is 26.3 Å². The minimum absolute atomic E-state index is 0.606. The van der Waals surface area contributed by atoms with Crippen LogP contribution in [0.4, 0.5) is 30.7 Å². The Hall–Kier alpha value is -1.02. The average Bonchev–Trinajstić information content (AvgIpc) is 2.24. The first kappa shape index (κ1) is 16.0. The Morgan fingerprint density at radius 1 is 0.895 bits per heavy atom. The molecule has 108 valence electrons. The van der Waals surface area contributed by atoms with E-state index in [-0.39, 0.29) is 0 Å². The molecule has 0 heterocycles. The lowest BCUT2D eigenvalue weighted by atomic mass is 9.91. The van der Waals surface area contributed by atoms with E-state index in [1.54, 1.807) is 0 Å². The van der Waals surface area contributed by atoms with Crippen molar-refractivity contribution in [3.63, 3.8) is 0 Å². The number of alkyl halides is 7. The Morgan fingerprint density at radius 3 is 1.68 bits per heavy atom. The van der Waals surface area contributed by atoms with Crippen LogP contribution in [-0.4, -0.2) is 23.1 Å². The maximum Gasteiger partial charge on any atom is 0.434 e. The molecule has 9 heteroatoms. The smallest absolute Gasteiger partial charge is 0.384 e. The van der Waals surface area contributed by atoms with E-state index in [9.17, 15) is 35.8 Å². The first-order valence-electron chi connectivity index (χ1n) is 4.67. The van der Waals surface area contributed by atoms with Crippen LogP contribution in [0.2, 0.25) is 5.02 Å². The molecule has 0 aromatic heterocycles. The fraction of sp³-hybridized carbons (Fsp3) is 0.400.